The summed E-state index contributed by atoms with van der Waals surface area (Å²) in [7, 11) is 3.56. The molecule has 1 amide bonds. The van der Waals surface area contributed by atoms with Gasteiger partial charge in [0.25, 0.3) is 5.91 Å². The number of likely N-dealkylation sites (N-methyl/N-ethyl adjacent to an activating group) is 1. The van der Waals surface area contributed by atoms with Gasteiger partial charge in [-0.3, -0.25) is 9.48 Å². The van der Waals surface area contributed by atoms with Gasteiger partial charge < -0.3 is 9.64 Å². The highest BCUT2D eigenvalue weighted by atomic mass is 35.5. The maximum absolute atomic E-state index is 12.8. The molecule has 142 valence electrons. The second-order valence-corrected chi connectivity index (χ2v) is 7.13. The Morgan fingerprint density at radius 1 is 1.26 bits per heavy atom. The molecular formula is C19H20Cl2N4O2. The molecule has 0 aliphatic rings. The molecule has 1 aromatic carbocycles. The summed E-state index contributed by atoms with van der Waals surface area (Å²) in [6, 6.07) is 6.93. The molecule has 1 unspecified atom stereocenters. The van der Waals surface area contributed by atoms with Gasteiger partial charge >= 0.3 is 0 Å². The number of carbonyl (C=O) groups excluding carboxylic acids is 1. The van der Waals surface area contributed by atoms with Gasteiger partial charge in [0, 0.05) is 31.7 Å². The van der Waals surface area contributed by atoms with Gasteiger partial charge in [0.2, 0.25) is 0 Å². The van der Waals surface area contributed by atoms with Crippen LogP contribution in [0.4, 0.5) is 0 Å². The Bertz CT molecular complexity index is 973. The molecule has 3 rings (SSSR count). The SMILES string of the molecule is CCC(CN(C)C(=O)c1cnc2c(cnn2C)c1)Oc1ccc(Cl)c(Cl)c1. The fourth-order valence-electron chi connectivity index (χ4n) is 2.76. The fraction of sp³-hybridized carbons (Fsp3) is 0.316. The average Bonchev–Trinajstić information content (AvgIpc) is 3.03. The van der Waals surface area contributed by atoms with Crippen molar-refractivity contribution >= 4 is 40.1 Å². The predicted molar refractivity (Wildman–Crippen MR) is 107 cm³/mol. The number of halogens is 2. The van der Waals surface area contributed by atoms with E-state index in [4.69, 9.17) is 27.9 Å². The standard InChI is InChI=1S/C19H20Cl2N4O2/c1-4-14(27-15-5-6-16(20)17(21)8-15)11-24(2)19(26)13-7-12-10-23-25(3)18(12)22-9-13/h5-10,14H,4,11H2,1-3H3. The van der Waals surface area contributed by atoms with E-state index < -0.39 is 0 Å². The molecule has 0 saturated heterocycles. The summed E-state index contributed by atoms with van der Waals surface area (Å²) in [4.78, 5) is 18.7. The number of benzene rings is 1. The first-order chi connectivity index (χ1) is 12.9. The van der Waals surface area contributed by atoms with Crippen LogP contribution in [0.5, 0.6) is 5.75 Å². The van der Waals surface area contributed by atoms with Crippen LogP contribution in [0.15, 0.2) is 36.7 Å². The number of amides is 1. The minimum atomic E-state index is -0.175. The van der Waals surface area contributed by atoms with Crippen LogP contribution >= 0.6 is 23.2 Å². The molecule has 8 heteroatoms. The lowest BCUT2D eigenvalue weighted by Gasteiger charge is -2.24. The van der Waals surface area contributed by atoms with Crippen LogP contribution in [0, 0.1) is 0 Å². The number of hydrogen-bond acceptors (Lipinski definition) is 4. The third kappa shape index (κ3) is 4.34. The van der Waals surface area contributed by atoms with Crippen molar-refractivity contribution in [1.29, 1.82) is 0 Å². The molecule has 6 nitrogen and oxygen atoms in total. The number of aromatic nitrogens is 3. The van der Waals surface area contributed by atoms with E-state index in [9.17, 15) is 4.79 Å². The number of rotatable bonds is 6. The molecule has 3 aromatic rings. The molecule has 0 radical (unpaired) electrons. The molecule has 1 atom stereocenters. The minimum Gasteiger partial charge on any atom is -0.489 e. The molecule has 27 heavy (non-hydrogen) atoms. The average molecular weight is 407 g/mol. The summed E-state index contributed by atoms with van der Waals surface area (Å²) in [5.41, 5.74) is 1.26. The first-order valence-electron chi connectivity index (χ1n) is 8.54. The van der Waals surface area contributed by atoms with Crippen molar-refractivity contribution < 1.29 is 9.53 Å². The Kier molecular flexibility index (Phi) is 5.87. The Morgan fingerprint density at radius 3 is 2.74 bits per heavy atom. The van der Waals surface area contributed by atoms with Crippen molar-refractivity contribution in [2.75, 3.05) is 13.6 Å². The van der Waals surface area contributed by atoms with Crippen molar-refractivity contribution in [2.45, 2.75) is 19.4 Å². The fourth-order valence-corrected chi connectivity index (χ4v) is 3.05. The molecule has 0 aliphatic carbocycles. The second kappa shape index (κ2) is 8.15. The van der Waals surface area contributed by atoms with E-state index in [0.717, 1.165) is 17.5 Å². The molecule has 0 spiro atoms. The van der Waals surface area contributed by atoms with E-state index in [1.54, 1.807) is 53.3 Å². The largest absolute Gasteiger partial charge is 0.489 e. The number of carbonyl (C=O) groups is 1. The molecule has 2 aromatic heterocycles. The van der Waals surface area contributed by atoms with Crippen LogP contribution in [-0.2, 0) is 7.05 Å². The minimum absolute atomic E-state index is 0.121. The number of pyridine rings is 1. The van der Waals surface area contributed by atoms with Gasteiger partial charge in [0.05, 0.1) is 28.4 Å². The molecule has 0 bridgehead atoms. The molecule has 0 fully saturated rings. The lowest BCUT2D eigenvalue weighted by molar-refractivity contribution is 0.0708. The van der Waals surface area contributed by atoms with Crippen molar-refractivity contribution in [2.24, 2.45) is 7.05 Å². The van der Waals surface area contributed by atoms with Crippen molar-refractivity contribution in [3.8, 4) is 5.75 Å². The maximum atomic E-state index is 12.8. The highest BCUT2D eigenvalue weighted by molar-refractivity contribution is 6.42. The molecule has 0 N–H and O–H groups in total. The van der Waals surface area contributed by atoms with Crippen LogP contribution in [0.1, 0.15) is 23.7 Å². The maximum Gasteiger partial charge on any atom is 0.255 e. The molecule has 0 saturated carbocycles. The Balaban J connectivity index is 1.69. The van der Waals surface area contributed by atoms with Crippen LogP contribution in [0.3, 0.4) is 0 Å². The summed E-state index contributed by atoms with van der Waals surface area (Å²) >= 11 is 12.0. The highest BCUT2D eigenvalue weighted by Crippen LogP contribution is 2.27. The van der Waals surface area contributed by atoms with Crippen LogP contribution < -0.4 is 4.74 Å². The number of fused-ring (bicyclic) bond motifs is 1. The van der Waals surface area contributed by atoms with Gasteiger partial charge in [-0.25, -0.2) is 4.98 Å². The van der Waals surface area contributed by atoms with Gasteiger partial charge in [-0.2, -0.15) is 5.10 Å². The smallest absolute Gasteiger partial charge is 0.255 e. The summed E-state index contributed by atoms with van der Waals surface area (Å²) < 4.78 is 7.64. The second-order valence-electron chi connectivity index (χ2n) is 6.31. The first kappa shape index (κ1) is 19.5. The molecular weight excluding hydrogens is 387 g/mol. The zero-order valence-electron chi connectivity index (χ0n) is 15.3. The van der Waals surface area contributed by atoms with Crippen molar-refractivity contribution in [3.63, 3.8) is 0 Å². The highest BCUT2D eigenvalue weighted by Gasteiger charge is 2.19. The van der Waals surface area contributed by atoms with E-state index in [1.165, 1.54) is 0 Å². The molecule has 2 heterocycles. The number of hydrogen-bond donors (Lipinski definition) is 0. The topological polar surface area (TPSA) is 60.2 Å². The van der Waals surface area contributed by atoms with Crippen LogP contribution in [-0.4, -0.2) is 45.3 Å². The Labute approximate surface area is 167 Å². The first-order valence-corrected chi connectivity index (χ1v) is 9.29. The lowest BCUT2D eigenvalue weighted by Crippen LogP contribution is -2.36. The van der Waals surface area contributed by atoms with E-state index in [1.807, 2.05) is 14.0 Å². The third-order valence-electron chi connectivity index (χ3n) is 4.29. The van der Waals surface area contributed by atoms with Gasteiger partial charge in [-0.05, 0) is 24.6 Å². The summed E-state index contributed by atoms with van der Waals surface area (Å²) in [5, 5.41) is 5.89. The van der Waals surface area contributed by atoms with Crippen molar-refractivity contribution in [1.82, 2.24) is 19.7 Å². The van der Waals surface area contributed by atoms with E-state index >= 15 is 0 Å². The zero-order chi connectivity index (χ0) is 19.6. The summed E-state index contributed by atoms with van der Waals surface area (Å²) in [5.74, 6) is 0.500. The van der Waals surface area contributed by atoms with E-state index in [0.29, 0.717) is 27.9 Å². The molecule has 0 aliphatic heterocycles. The quantitative estimate of drug-likeness (QED) is 0.615. The third-order valence-corrected chi connectivity index (χ3v) is 5.03. The number of nitrogens with zero attached hydrogens (tertiary/aromatic N) is 4. The van der Waals surface area contributed by atoms with Crippen molar-refractivity contribution in [3.05, 3.63) is 52.3 Å². The summed E-state index contributed by atoms with van der Waals surface area (Å²) in [6.45, 7) is 2.43. The van der Waals surface area contributed by atoms with Gasteiger partial charge in [-0.1, -0.05) is 30.1 Å². The van der Waals surface area contributed by atoms with E-state index in [2.05, 4.69) is 10.1 Å². The zero-order valence-corrected chi connectivity index (χ0v) is 16.8. The van der Waals surface area contributed by atoms with E-state index in [-0.39, 0.29) is 12.0 Å². The van der Waals surface area contributed by atoms with Crippen LogP contribution in [0.2, 0.25) is 10.0 Å². The monoisotopic (exact) mass is 406 g/mol. The van der Waals surface area contributed by atoms with Crippen LogP contribution in [0.25, 0.3) is 11.0 Å². The number of ether oxygens (including phenoxy) is 1. The van der Waals surface area contributed by atoms with Gasteiger partial charge in [0.1, 0.15) is 11.9 Å². The normalized spacial score (nSPS) is 12.2. The van der Waals surface area contributed by atoms with Gasteiger partial charge in [0.15, 0.2) is 5.65 Å². The lowest BCUT2D eigenvalue weighted by atomic mass is 10.2. The Hall–Kier alpha value is -2.31. The van der Waals surface area contributed by atoms with Gasteiger partial charge in [-0.15, -0.1) is 0 Å². The summed E-state index contributed by atoms with van der Waals surface area (Å²) in [6.07, 6.45) is 3.83. The predicted octanol–water partition coefficient (Wildman–Crippen LogP) is 4.20. The number of aryl methyl sites for hydroxylation is 1. The Morgan fingerprint density at radius 2 is 2.04 bits per heavy atom.